The molecule has 2 atom stereocenters. The maximum atomic E-state index is 11.6. The number of hydrogen-bond acceptors (Lipinski definition) is 4. The van der Waals surface area contributed by atoms with Crippen LogP contribution in [0.15, 0.2) is 42.5 Å². The average Bonchev–Trinajstić information content (AvgIpc) is 2.97. The van der Waals surface area contributed by atoms with Crippen LogP contribution in [0.1, 0.15) is 50.9 Å². The van der Waals surface area contributed by atoms with Gasteiger partial charge >= 0.3 is 0 Å². The van der Waals surface area contributed by atoms with Crippen LogP contribution in [0, 0.1) is 0 Å². The van der Waals surface area contributed by atoms with Gasteiger partial charge in [-0.15, -0.1) is 0 Å². The zero-order valence-electron chi connectivity index (χ0n) is 16.3. The number of rotatable bonds is 7. The Balaban J connectivity index is 1.63. The zero-order chi connectivity index (χ0) is 19.7. The summed E-state index contributed by atoms with van der Waals surface area (Å²) in [5.41, 5.74) is 12.5. The minimum atomic E-state index is -1.03. The number of fused-ring (bicyclic) bond motifs is 1. The third kappa shape index (κ3) is 3.69. The highest BCUT2D eigenvalue weighted by Crippen LogP contribution is 2.37. The van der Waals surface area contributed by atoms with Crippen molar-refractivity contribution in [3.8, 4) is 5.75 Å². The number of hydrogen-bond donors (Lipinski definition) is 2. The minimum absolute atomic E-state index is 0.0653. The Morgan fingerprint density at radius 3 is 2.82 bits per heavy atom. The molecule has 0 aliphatic heterocycles. The average molecular weight is 380 g/mol. The molecule has 0 spiro atoms. The SMILES string of the molecule is CC(N)(CCc1nc2ccc(OC3C=CC=CC3)cc2n1C1CCC1)C(N)=O. The van der Waals surface area contributed by atoms with Crippen molar-refractivity contribution in [2.75, 3.05) is 0 Å². The van der Waals surface area contributed by atoms with Gasteiger partial charge in [-0.1, -0.05) is 18.2 Å². The second-order valence-corrected chi connectivity index (χ2v) is 8.12. The Kier molecular flexibility index (Phi) is 4.98. The normalized spacial score (nSPS) is 21.4. The van der Waals surface area contributed by atoms with Crippen molar-refractivity contribution < 1.29 is 9.53 Å². The Hall–Kier alpha value is -2.60. The lowest BCUT2D eigenvalue weighted by atomic mass is 9.92. The van der Waals surface area contributed by atoms with Crippen molar-refractivity contribution in [3.05, 3.63) is 48.3 Å². The van der Waals surface area contributed by atoms with E-state index in [1.54, 1.807) is 6.92 Å². The van der Waals surface area contributed by atoms with E-state index >= 15 is 0 Å². The Morgan fingerprint density at radius 1 is 1.36 bits per heavy atom. The standard InChI is InChI=1S/C22H28N4O2/c1-22(24,21(23)27)13-12-20-25-18-11-10-17(28-16-8-3-2-4-9-16)14-19(18)26(20)15-6-5-7-15/h2-4,8,10-11,14-16H,5-7,9,12-13,24H2,1H3,(H2,23,27). The third-order valence-corrected chi connectivity index (χ3v) is 5.83. The lowest BCUT2D eigenvalue weighted by Crippen LogP contribution is -2.49. The van der Waals surface area contributed by atoms with Crippen molar-refractivity contribution in [1.82, 2.24) is 9.55 Å². The number of primary amides is 1. The van der Waals surface area contributed by atoms with Gasteiger partial charge in [-0.2, -0.15) is 0 Å². The number of carbonyl (C=O) groups excluding carboxylic acids is 1. The number of imidazole rings is 1. The fraction of sp³-hybridized carbons (Fsp3) is 0.455. The highest BCUT2D eigenvalue weighted by atomic mass is 16.5. The van der Waals surface area contributed by atoms with Gasteiger partial charge in [0.05, 0.1) is 16.6 Å². The third-order valence-electron chi connectivity index (χ3n) is 5.83. The number of aromatic nitrogens is 2. The van der Waals surface area contributed by atoms with Crippen molar-refractivity contribution in [2.24, 2.45) is 11.5 Å². The van der Waals surface area contributed by atoms with Gasteiger partial charge in [-0.3, -0.25) is 4.79 Å². The van der Waals surface area contributed by atoms with Crippen LogP contribution in [0.4, 0.5) is 0 Å². The molecule has 6 heteroatoms. The topological polar surface area (TPSA) is 96.2 Å². The second kappa shape index (κ2) is 7.43. The highest BCUT2D eigenvalue weighted by Gasteiger charge is 2.29. The molecule has 148 valence electrons. The van der Waals surface area contributed by atoms with Gasteiger partial charge in [0.25, 0.3) is 0 Å². The van der Waals surface area contributed by atoms with Crippen LogP contribution in [0.5, 0.6) is 5.75 Å². The van der Waals surface area contributed by atoms with E-state index in [2.05, 4.69) is 22.8 Å². The molecule has 0 radical (unpaired) electrons. The van der Waals surface area contributed by atoms with Gasteiger partial charge in [0.1, 0.15) is 17.7 Å². The summed E-state index contributed by atoms with van der Waals surface area (Å²) >= 11 is 0. The molecule has 1 fully saturated rings. The number of ether oxygens (including phenoxy) is 1. The van der Waals surface area contributed by atoms with Crippen LogP contribution < -0.4 is 16.2 Å². The Bertz CT molecular complexity index is 937. The summed E-state index contributed by atoms with van der Waals surface area (Å²) < 4.78 is 8.46. The van der Waals surface area contributed by atoms with E-state index in [4.69, 9.17) is 21.2 Å². The minimum Gasteiger partial charge on any atom is -0.486 e. The van der Waals surface area contributed by atoms with Crippen LogP contribution in [0.25, 0.3) is 11.0 Å². The molecular formula is C22H28N4O2. The van der Waals surface area contributed by atoms with E-state index in [1.807, 2.05) is 24.3 Å². The maximum absolute atomic E-state index is 11.6. The van der Waals surface area contributed by atoms with Crippen LogP contribution >= 0.6 is 0 Å². The molecule has 4 N–H and O–H groups in total. The molecule has 4 rings (SSSR count). The molecule has 1 heterocycles. The molecule has 2 unspecified atom stereocenters. The van der Waals surface area contributed by atoms with Crippen molar-refractivity contribution in [3.63, 3.8) is 0 Å². The van der Waals surface area contributed by atoms with E-state index < -0.39 is 11.4 Å². The Labute approximate surface area is 165 Å². The summed E-state index contributed by atoms with van der Waals surface area (Å²) in [7, 11) is 0. The van der Waals surface area contributed by atoms with Crippen LogP contribution in [-0.4, -0.2) is 27.1 Å². The number of carbonyl (C=O) groups is 1. The summed E-state index contributed by atoms with van der Waals surface area (Å²) in [4.78, 5) is 16.4. The molecule has 1 aromatic carbocycles. The first-order chi connectivity index (χ1) is 13.4. The van der Waals surface area contributed by atoms with Crippen molar-refractivity contribution >= 4 is 16.9 Å². The summed E-state index contributed by atoms with van der Waals surface area (Å²) in [6, 6.07) is 6.53. The summed E-state index contributed by atoms with van der Waals surface area (Å²) in [5.74, 6) is 1.34. The lowest BCUT2D eigenvalue weighted by molar-refractivity contribution is -0.122. The molecule has 28 heavy (non-hydrogen) atoms. The fourth-order valence-electron chi connectivity index (χ4n) is 3.74. The van der Waals surface area contributed by atoms with Crippen LogP contribution in [-0.2, 0) is 11.2 Å². The first-order valence-electron chi connectivity index (χ1n) is 10.0. The molecular weight excluding hydrogens is 352 g/mol. The van der Waals surface area contributed by atoms with Crippen LogP contribution in [0.2, 0.25) is 0 Å². The Morgan fingerprint density at radius 2 is 2.18 bits per heavy atom. The summed E-state index contributed by atoms with van der Waals surface area (Å²) in [6.45, 7) is 1.68. The maximum Gasteiger partial charge on any atom is 0.237 e. The molecule has 0 bridgehead atoms. The number of nitrogens with two attached hydrogens (primary N) is 2. The summed E-state index contributed by atoms with van der Waals surface area (Å²) in [6.07, 6.45) is 13.8. The molecule has 1 saturated carbocycles. The predicted octanol–water partition coefficient (Wildman–Crippen LogP) is 3.16. The summed E-state index contributed by atoms with van der Waals surface area (Å²) in [5, 5.41) is 0. The second-order valence-electron chi connectivity index (χ2n) is 8.12. The number of benzene rings is 1. The lowest BCUT2D eigenvalue weighted by Gasteiger charge is -2.30. The van der Waals surface area contributed by atoms with E-state index in [-0.39, 0.29) is 6.10 Å². The van der Waals surface area contributed by atoms with E-state index in [1.165, 1.54) is 6.42 Å². The van der Waals surface area contributed by atoms with Gasteiger partial charge in [-0.25, -0.2) is 4.98 Å². The van der Waals surface area contributed by atoms with Gasteiger partial charge in [-0.05, 0) is 50.8 Å². The van der Waals surface area contributed by atoms with Gasteiger partial charge in [0.2, 0.25) is 5.91 Å². The van der Waals surface area contributed by atoms with Gasteiger partial charge in [0.15, 0.2) is 0 Å². The van der Waals surface area contributed by atoms with E-state index in [9.17, 15) is 4.79 Å². The quantitative estimate of drug-likeness (QED) is 0.771. The number of allylic oxidation sites excluding steroid dienone is 2. The monoisotopic (exact) mass is 380 g/mol. The van der Waals surface area contributed by atoms with Gasteiger partial charge < -0.3 is 20.8 Å². The first-order valence-corrected chi connectivity index (χ1v) is 10.0. The molecule has 6 nitrogen and oxygen atoms in total. The molecule has 1 amide bonds. The smallest absolute Gasteiger partial charge is 0.237 e. The predicted molar refractivity (Wildman–Crippen MR) is 110 cm³/mol. The number of amides is 1. The molecule has 2 aliphatic carbocycles. The molecule has 2 aliphatic rings. The number of nitrogens with zero attached hydrogens (tertiary/aromatic N) is 2. The van der Waals surface area contributed by atoms with Crippen molar-refractivity contribution in [1.29, 1.82) is 0 Å². The van der Waals surface area contributed by atoms with E-state index in [0.717, 1.165) is 41.9 Å². The largest absolute Gasteiger partial charge is 0.486 e. The molecule has 1 aromatic heterocycles. The number of aryl methyl sites for hydroxylation is 1. The zero-order valence-corrected chi connectivity index (χ0v) is 16.3. The first kappa shape index (κ1) is 18.7. The fourth-order valence-corrected chi connectivity index (χ4v) is 3.74. The highest BCUT2D eigenvalue weighted by molar-refractivity contribution is 5.83. The van der Waals surface area contributed by atoms with Gasteiger partial charge in [0, 0.05) is 24.9 Å². The van der Waals surface area contributed by atoms with Crippen molar-refractivity contribution in [2.45, 2.75) is 63.1 Å². The molecule has 2 aromatic rings. The van der Waals surface area contributed by atoms with E-state index in [0.29, 0.717) is 18.9 Å². The van der Waals surface area contributed by atoms with Crippen LogP contribution in [0.3, 0.4) is 0 Å². The molecule has 0 saturated heterocycles.